The summed E-state index contributed by atoms with van der Waals surface area (Å²) >= 11 is 0. The second-order valence-electron chi connectivity index (χ2n) is 8.74. The number of nitrogens with zero attached hydrogens (tertiary/aromatic N) is 2. The number of carboxylic acid groups (broad SMARTS) is 2. The molecular formula is C22H29F7N2O5. The molecule has 36 heavy (non-hydrogen) atoms. The Hall–Kier alpha value is -2.45. The second kappa shape index (κ2) is 13.2. The first kappa shape index (κ1) is 31.6. The molecule has 0 radical (unpaired) electrons. The van der Waals surface area contributed by atoms with Gasteiger partial charge in [0.1, 0.15) is 5.82 Å². The van der Waals surface area contributed by atoms with Crippen molar-refractivity contribution in [1.29, 1.82) is 0 Å². The number of hydrogen-bond donors (Lipinski definition) is 2. The molecule has 2 N–H and O–H groups in total. The van der Waals surface area contributed by atoms with E-state index in [0.717, 1.165) is 31.8 Å². The number of halogens is 7. The van der Waals surface area contributed by atoms with Crippen LogP contribution in [0.15, 0.2) is 24.3 Å². The van der Waals surface area contributed by atoms with Gasteiger partial charge >= 0.3 is 24.3 Å². The summed E-state index contributed by atoms with van der Waals surface area (Å²) in [5.74, 6) is -5.65. The SMILES string of the molecule is COCC1CC2(CCN(Cc3cccc(F)c3)CC2)CN1C.O=C(O)C(F)(F)F.O=C(O)C(F)(F)F. The molecule has 206 valence electrons. The minimum Gasteiger partial charge on any atom is -0.475 e. The van der Waals surface area contributed by atoms with E-state index in [4.69, 9.17) is 24.5 Å². The summed E-state index contributed by atoms with van der Waals surface area (Å²) in [7, 11) is 4.01. The average molecular weight is 534 g/mol. The van der Waals surface area contributed by atoms with Crippen molar-refractivity contribution in [1.82, 2.24) is 9.80 Å². The van der Waals surface area contributed by atoms with E-state index in [-0.39, 0.29) is 5.82 Å². The molecule has 2 fully saturated rings. The largest absolute Gasteiger partial charge is 0.490 e. The summed E-state index contributed by atoms with van der Waals surface area (Å²) < 4.78 is 82.1. The molecule has 0 saturated carbocycles. The van der Waals surface area contributed by atoms with Crippen molar-refractivity contribution in [2.45, 2.75) is 44.2 Å². The standard InChI is InChI=1S/C18H27FN2O.2C2HF3O2/c1-20-14-18(11-17(20)13-22-2)6-8-21(9-7-18)12-15-4-3-5-16(19)10-15;2*3-2(4,5)1(6)7/h3-5,10,17H,6-9,11-14H2,1-2H3;2*(H,6,7). The van der Waals surface area contributed by atoms with Crippen LogP contribution in [-0.2, 0) is 20.9 Å². The summed E-state index contributed by atoms with van der Waals surface area (Å²) in [6.45, 7) is 5.12. The predicted octanol–water partition coefficient (Wildman–Crippen LogP) is 4.03. The van der Waals surface area contributed by atoms with E-state index in [1.54, 1.807) is 19.2 Å². The Balaban J connectivity index is 0.000000383. The molecule has 2 aliphatic rings. The van der Waals surface area contributed by atoms with Gasteiger partial charge in [-0.3, -0.25) is 4.90 Å². The van der Waals surface area contributed by atoms with E-state index in [1.807, 2.05) is 6.07 Å². The number of carboxylic acids is 2. The summed E-state index contributed by atoms with van der Waals surface area (Å²) in [5, 5.41) is 14.2. The highest BCUT2D eigenvalue weighted by Gasteiger charge is 2.44. The van der Waals surface area contributed by atoms with E-state index in [2.05, 4.69) is 16.8 Å². The van der Waals surface area contributed by atoms with Gasteiger partial charge in [0.15, 0.2) is 0 Å². The fourth-order valence-corrected chi connectivity index (χ4v) is 4.20. The number of methoxy groups -OCH3 is 1. The number of alkyl halides is 6. The zero-order valence-electron chi connectivity index (χ0n) is 19.7. The van der Waals surface area contributed by atoms with Gasteiger partial charge < -0.3 is 19.8 Å². The van der Waals surface area contributed by atoms with Crippen LogP contribution in [0.5, 0.6) is 0 Å². The topological polar surface area (TPSA) is 90.3 Å². The van der Waals surface area contributed by atoms with Crippen LogP contribution in [0.4, 0.5) is 30.7 Å². The normalized spacial score (nSPS) is 20.2. The zero-order chi connectivity index (χ0) is 27.7. The summed E-state index contributed by atoms with van der Waals surface area (Å²) in [4.78, 5) is 22.7. The second-order valence-corrected chi connectivity index (χ2v) is 8.74. The molecule has 0 bridgehead atoms. The van der Waals surface area contributed by atoms with Crippen molar-refractivity contribution in [3.05, 3.63) is 35.6 Å². The molecule has 7 nitrogen and oxygen atoms in total. The van der Waals surface area contributed by atoms with E-state index >= 15 is 0 Å². The maximum absolute atomic E-state index is 13.3. The van der Waals surface area contributed by atoms with Gasteiger partial charge in [-0.05, 0) is 62.5 Å². The quantitative estimate of drug-likeness (QED) is 0.564. The van der Waals surface area contributed by atoms with Crippen LogP contribution in [0, 0.1) is 11.2 Å². The van der Waals surface area contributed by atoms with Crippen LogP contribution in [0.3, 0.4) is 0 Å². The number of ether oxygens (including phenoxy) is 1. The Morgan fingerprint density at radius 1 is 1.06 bits per heavy atom. The van der Waals surface area contributed by atoms with Gasteiger partial charge in [0, 0.05) is 26.2 Å². The lowest BCUT2D eigenvalue weighted by atomic mass is 9.76. The van der Waals surface area contributed by atoms with Crippen molar-refractivity contribution in [2.75, 3.05) is 40.4 Å². The van der Waals surface area contributed by atoms with Gasteiger partial charge in [-0.2, -0.15) is 26.3 Å². The van der Waals surface area contributed by atoms with Crippen LogP contribution in [0.2, 0.25) is 0 Å². The van der Waals surface area contributed by atoms with Crippen molar-refractivity contribution in [2.24, 2.45) is 5.41 Å². The Morgan fingerprint density at radius 2 is 1.56 bits per heavy atom. The fourth-order valence-electron chi connectivity index (χ4n) is 4.20. The molecule has 0 amide bonds. The smallest absolute Gasteiger partial charge is 0.475 e. The highest BCUT2D eigenvalue weighted by molar-refractivity contribution is 5.73. The maximum atomic E-state index is 13.3. The molecule has 0 aromatic heterocycles. The summed E-state index contributed by atoms with van der Waals surface area (Å²) in [6.07, 6.45) is -6.43. The molecule has 14 heteroatoms. The van der Waals surface area contributed by atoms with Crippen LogP contribution in [0.1, 0.15) is 24.8 Å². The van der Waals surface area contributed by atoms with Gasteiger partial charge in [-0.15, -0.1) is 0 Å². The number of carbonyl (C=O) groups is 2. The highest BCUT2D eigenvalue weighted by Crippen LogP contribution is 2.43. The van der Waals surface area contributed by atoms with Crippen molar-refractivity contribution >= 4 is 11.9 Å². The predicted molar refractivity (Wildman–Crippen MR) is 114 cm³/mol. The third-order valence-electron chi connectivity index (χ3n) is 5.93. The summed E-state index contributed by atoms with van der Waals surface area (Å²) in [5.41, 5.74) is 1.55. The van der Waals surface area contributed by atoms with E-state index in [1.165, 1.54) is 31.9 Å². The molecule has 1 atom stereocenters. The Morgan fingerprint density at radius 3 is 1.97 bits per heavy atom. The Kier molecular flexibility index (Phi) is 11.6. The number of aliphatic carboxylic acids is 2. The van der Waals surface area contributed by atoms with E-state index in [0.29, 0.717) is 11.5 Å². The van der Waals surface area contributed by atoms with E-state index < -0.39 is 24.3 Å². The molecule has 1 aromatic carbocycles. The molecule has 2 aliphatic heterocycles. The first-order valence-corrected chi connectivity index (χ1v) is 10.8. The van der Waals surface area contributed by atoms with Crippen molar-refractivity contribution < 1.29 is 55.3 Å². The van der Waals surface area contributed by atoms with Gasteiger partial charge in [-0.1, -0.05) is 12.1 Å². The molecule has 1 spiro atoms. The Bertz CT molecular complexity index is 832. The van der Waals surface area contributed by atoms with Crippen LogP contribution in [-0.4, -0.2) is 90.7 Å². The molecule has 1 unspecified atom stereocenters. The number of piperidine rings is 1. The Labute approximate surface area is 203 Å². The van der Waals surface area contributed by atoms with E-state index in [9.17, 15) is 30.7 Å². The number of rotatable bonds is 4. The lowest BCUT2D eigenvalue weighted by molar-refractivity contribution is -0.193. The van der Waals surface area contributed by atoms with Crippen LogP contribution < -0.4 is 0 Å². The van der Waals surface area contributed by atoms with Gasteiger partial charge in [-0.25, -0.2) is 14.0 Å². The number of likely N-dealkylation sites (tertiary alicyclic amines) is 2. The minimum absolute atomic E-state index is 0.134. The van der Waals surface area contributed by atoms with Gasteiger partial charge in [0.25, 0.3) is 0 Å². The zero-order valence-corrected chi connectivity index (χ0v) is 19.7. The number of hydrogen-bond acceptors (Lipinski definition) is 5. The molecular weight excluding hydrogens is 505 g/mol. The minimum atomic E-state index is -5.08. The first-order valence-electron chi connectivity index (χ1n) is 10.8. The molecule has 0 aliphatic carbocycles. The molecule has 1 aromatic rings. The molecule has 2 saturated heterocycles. The third kappa shape index (κ3) is 10.7. The monoisotopic (exact) mass is 534 g/mol. The number of likely N-dealkylation sites (N-methyl/N-ethyl adjacent to an activating group) is 1. The molecule has 3 rings (SSSR count). The average Bonchev–Trinajstić information content (AvgIpc) is 3.04. The van der Waals surface area contributed by atoms with Crippen molar-refractivity contribution in [3.63, 3.8) is 0 Å². The third-order valence-corrected chi connectivity index (χ3v) is 5.93. The first-order chi connectivity index (χ1) is 16.5. The fraction of sp³-hybridized carbons (Fsp3) is 0.636. The van der Waals surface area contributed by atoms with Gasteiger partial charge in [0.05, 0.1) is 6.61 Å². The number of benzene rings is 1. The van der Waals surface area contributed by atoms with Crippen LogP contribution in [0.25, 0.3) is 0 Å². The van der Waals surface area contributed by atoms with Gasteiger partial charge in [0.2, 0.25) is 0 Å². The van der Waals surface area contributed by atoms with Crippen molar-refractivity contribution in [3.8, 4) is 0 Å². The van der Waals surface area contributed by atoms with Crippen LogP contribution >= 0.6 is 0 Å². The molecule has 2 heterocycles. The highest BCUT2D eigenvalue weighted by atomic mass is 19.4. The summed E-state index contributed by atoms with van der Waals surface area (Å²) in [6, 6.07) is 7.56. The maximum Gasteiger partial charge on any atom is 0.490 e. The lowest BCUT2D eigenvalue weighted by Crippen LogP contribution is -2.40. The lowest BCUT2D eigenvalue weighted by Gasteiger charge is -2.39.